The minimum Gasteiger partial charge on any atom is -0.376 e. The topological polar surface area (TPSA) is 47.6 Å². The SMILES string of the molecule is O=C(NC1CCCCCC1Br)C1COCCO1. The number of ether oxygens (including phenoxy) is 2. The first-order chi connectivity index (χ1) is 8.27. The van der Waals surface area contributed by atoms with E-state index in [-0.39, 0.29) is 11.9 Å². The Hall–Kier alpha value is -0.130. The number of amides is 1. The van der Waals surface area contributed by atoms with Gasteiger partial charge in [0.15, 0.2) is 6.10 Å². The average molecular weight is 306 g/mol. The van der Waals surface area contributed by atoms with Gasteiger partial charge in [0.25, 0.3) is 5.91 Å². The van der Waals surface area contributed by atoms with E-state index in [1.807, 2.05) is 0 Å². The molecule has 1 saturated carbocycles. The lowest BCUT2D eigenvalue weighted by molar-refractivity contribution is -0.148. The first kappa shape index (κ1) is 13.3. The van der Waals surface area contributed by atoms with E-state index < -0.39 is 6.10 Å². The molecule has 0 aromatic rings. The second-order valence-corrected chi connectivity index (χ2v) is 5.88. The van der Waals surface area contributed by atoms with Gasteiger partial charge in [0.1, 0.15) is 0 Å². The van der Waals surface area contributed by atoms with Gasteiger partial charge >= 0.3 is 0 Å². The van der Waals surface area contributed by atoms with Gasteiger partial charge in [0, 0.05) is 10.9 Å². The predicted octanol–water partition coefficient (Wildman–Crippen LogP) is 1.61. The Morgan fingerprint density at radius 2 is 2.00 bits per heavy atom. The van der Waals surface area contributed by atoms with Crippen LogP contribution >= 0.6 is 15.9 Å². The highest BCUT2D eigenvalue weighted by atomic mass is 79.9. The molecule has 1 N–H and O–H groups in total. The quantitative estimate of drug-likeness (QED) is 0.623. The van der Waals surface area contributed by atoms with Crippen molar-refractivity contribution in [2.75, 3.05) is 19.8 Å². The molecule has 2 fully saturated rings. The Bertz CT molecular complexity index is 256. The first-order valence-electron chi connectivity index (χ1n) is 6.41. The Labute approximate surface area is 111 Å². The van der Waals surface area contributed by atoms with Crippen LogP contribution in [0.15, 0.2) is 0 Å². The molecule has 0 aromatic carbocycles. The fourth-order valence-corrected chi connectivity index (χ4v) is 3.06. The molecule has 5 heteroatoms. The Kier molecular flexibility index (Phi) is 5.25. The molecule has 0 bridgehead atoms. The van der Waals surface area contributed by atoms with Crippen molar-refractivity contribution >= 4 is 21.8 Å². The van der Waals surface area contributed by atoms with Crippen LogP contribution in [0.1, 0.15) is 32.1 Å². The van der Waals surface area contributed by atoms with Crippen molar-refractivity contribution in [1.82, 2.24) is 5.32 Å². The summed E-state index contributed by atoms with van der Waals surface area (Å²) < 4.78 is 10.6. The highest BCUT2D eigenvalue weighted by Crippen LogP contribution is 2.23. The summed E-state index contributed by atoms with van der Waals surface area (Å²) in [5.74, 6) is -0.0268. The molecule has 98 valence electrons. The third-order valence-corrected chi connectivity index (χ3v) is 4.46. The van der Waals surface area contributed by atoms with E-state index in [1.165, 1.54) is 19.3 Å². The van der Waals surface area contributed by atoms with E-state index in [0.717, 1.165) is 12.8 Å². The van der Waals surface area contributed by atoms with E-state index in [9.17, 15) is 4.79 Å². The van der Waals surface area contributed by atoms with Crippen LogP contribution in [0, 0.1) is 0 Å². The van der Waals surface area contributed by atoms with Gasteiger partial charge in [-0.2, -0.15) is 0 Å². The molecule has 1 amide bonds. The van der Waals surface area contributed by atoms with Crippen LogP contribution in [-0.2, 0) is 14.3 Å². The van der Waals surface area contributed by atoms with Crippen LogP contribution in [0.5, 0.6) is 0 Å². The Morgan fingerprint density at radius 1 is 1.18 bits per heavy atom. The Morgan fingerprint density at radius 3 is 2.76 bits per heavy atom. The van der Waals surface area contributed by atoms with Crippen LogP contribution < -0.4 is 5.32 Å². The monoisotopic (exact) mass is 305 g/mol. The summed E-state index contributed by atoms with van der Waals surface area (Å²) >= 11 is 3.67. The van der Waals surface area contributed by atoms with Crippen LogP contribution in [0.4, 0.5) is 0 Å². The number of carbonyl (C=O) groups is 1. The van der Waals surface area contributed by atoms with Gasteiger partial charge in [-0.3, -0.25) is 4.79 Å². The lowest BCUT2D eigenvalue weighted by atomic mass is 10.1. The minimum absolute atomic E-state index is 0.0268. The summed E-state index contributed by atoms with van der Waals surface area (Å²) in [5, 5.41) is 3.09. The third kappa shape index (κ3) is 3.93. The molecule has 0 spiro atoms. The summed E-state index contributed by atoms with van der Waals surface area (Å²) in [6, 6.07) is 0.232. The van der Waals surface area contributed by atoms with E-state index in [2.05, 4.69) is 21.2 Å². The molecule has 4 nitrogen and oxygen atoms in total. The fraction of sp³-hybridized carbons (Fsp3) is 0.917. The second-order valence-electron chi connectivity index (χ2n) is 4.70. The van der Waals surface area contributed by atoms with Crippen molar-refractivity contribution in [2.45, 2.75) is 49.1 Å². The van der Waals surface area contributed by atoms with Crippen LogP contribution in [0.25, 0.3) is 0 Å². The van der Waals surface area contributed by atoms with Crippen LogP contribution in [0.2, 0.25) is 0 Å². The maximum atomic E-state index is 12.0. The van der Waals surface area contributed by atoms with Crippen LogP contribution in [-0.4, -0.2) is 42.7 Å². The zero-order valence-corrected chi connectivity index (χ0v) is 11.6. The van der Waals surface area contributed by atoms with Crippen LogP contribution in [0.3, 0.4) is 0 Å². The highest BCUT2D eigenvalue weighted by molar-refractivity contribution is 9.09. The molecule has 1 heterocycles. The maximum absolute atomic E-state index is 12.0. The maximum Gasteiger partial charge on any atom is 0.251 e. The number of alkyl halides is 1. The van der Waals surface area contributed by atoms with Gasteiger partial charge in [-0.1, -0.05) is 35.2 Å². The molecule has 1 saturated heterocycles. The summed E-state index contributed by atoms with van der Waals surface area (Å²) in [5.41, 5.74) is 0. The number of nitrogens with one attached hydrogen (secondary N) is 1. The van der Waals surface area contributed by atoms with Gasteiger partial charge in [0.2, 0.25) is 0 Å². The molecule has 0 radical (unpaired) electrons. The molecule has 17 heavy (non-hydrogen) atoms. The first-order valence-corrected chi connectivity index (χ1v) is 7.33. The summed E-state index contributed by atoms with van der Waals surface area (Å²) in [6.07, 6.45) is 5.45. The average Bonchev–Trinajstić information content (AvgIpc) is 2.56. The normalized spacial score (nSPS) is 35.0. The van der Waals surface area contributed by atoms with Crippen molar-refractivity contribution in [3.05, 3.63) is 0 Å². The minimum atomic E-state index is -0.424. The van der Waals surface area contributed by atoms with E-state index >= 15 is 0 Å². The van der Waals surface area contributed by atoms with Crippen molar-refractivity contribution in [1.29, 1.82) is 0 Å². The number of halogens is 1. The zero-order chi connectivity index (χ0) is 12.1. The molecular formula is C12H20BrNO3. The van der Waals surface area contributed by atoms with Crippen molar-refractivity contribution < 1.29 is 14.3 Å². The van der Waals surface area contributed by atoms with Gasteiger partial charge in [-0.25, -0.2) is 0 Å². The smallest absolute Gasteiger partial charge is 0.251 e. The molecule has 3 atom stereocenters. The summed E-state index contributed by atoms with van der Waals surface area (Å²) in [7, 11) is 0. The fourth-order valence-electron chi connectivity index (χ4n) is 2.34. The van der Waals surface area contributed by atoms with Crippen molar-refractivity contribution in [2.24, 2.45) is 0 Å². The highest BCUT2D eigenvalue weighted by Gasteiger charge is 2.28. The molecule has 0 aromatic heterocycles. The number of hydrogen-bond donors (Lipinski definition) is 1. The van der Waals surface area contributed by atoms with Gasteiger partial charge in [-0.15, -0.1) is 0 Å². The van der Waals surface area contributed by atoms with Gasteiger partial charge < -0.3 is 14.8 Å². The van der Waals surface area contributed by atoms with E-state index in [4.69, 9.17) is 9.47 Å². The second kappa shape index (κ2) is 6.71. The molecule has 2 rings (SSSR count). The largest absolute Gasteiger partial charge is 0.376 e. The van der Waals surface area contributed by atoms with Gasteiger partial charge in [0.05, 0.1) is 19.8 Å². The molecular weight excluding hydrogens is 286 g/mol. The molecule has 1 aliphatic carbocycles. The standard InChI is InChI=1S/C12H20BrNO3/c13-9-4-2-1-3-5-10(9)14-12(15)11-8-16-6-7-17-11/h9-11H,1-8H2,(H,14,15). The number of carbonyl (C=O) groups excluding carboxylic acids is 1. The summed E-state index contributed by atoms with van der Waals surface area (Å²) in [4.78, 5) is 12.4. The molecule has 3 unspecified atom stereocenters. The predicted molar refractivity (Wildman–Crippen MR) is 68.3 cm³/mol. The molecule has 2 aliphatic rings. The van der Waals surface area contributed by atoms with E-state index in [0.29, 0.717) is 24.6 Å². The lowest BCUT2D eigenvalue weighted by Gasteiger charge is -2.26. The van der Waals surface area contributed by atoms with Gasteiger partial charge in [-0.05, 0) is 12.8 Å². The number of hydrogen-bond acceptors (Lipinski definition) is 3. The number of rotatable bonds is 2. The summed E-state index contributed by atoms with van der Waals surface area (Å²) in [6.45, 7) is 1.49. The zero-order valence-electron chi connectivity index (χ0n) is 9.99. The Balaban J connectivity index is 1.83. The third-order valence-electron chi connectivity index (χ3n) is 3.37. The van der Waals surface area contributed by atoms with Crippen molar-refractivity contribution in [3.63, 3.8) is 0 Å². The lowest BCUT2D eigenvalue weighted by Crippen LogP contribution is -2.49. The van der Waals surface area contributed by atoms with Crippen molar-refractivity contribution in [3.8, 4) is 0 Å². The molecule has 1 aliphatic heterocycles. The van der Waals surface area contributed by atoms with E-state index in [1.54, 1.807) is 0 Å².